The largest absolute Gasteiger partial charge is 0.306 e. The van der Waals surface area contributed by atoms with Crippen molar-refractivity contribution in [3.05, 3.63) is 86.2 Å². The van der Waals surface area contributed by atoms with E-state index in [-0.39, 0.29) is 22.8 Å². The summed E-state index contributed by atoms with van der Waals surface area (Å²) in [5.74, 6) is 0.141. The summed E-state index contributed by atoms with van der Waals surface area (Å²) in [5, 5.41) is 17.7. The van der Waals surface area contributed by atoms with Crippen LogP contribution in [0.15, 0.2) is 59.4 Å². The molecule has 0 aliphatic rings. The number of hydrogen-bond donors (Lipinski definition) is 2. The number of fused-ring (bicyclic) bond motifs is 1. The van der Waals surface area contributed by atoms with Crippen molar-refractivity contribution < 1.29 is 9.72 Å². The molecule has 0 radical (unpaired) electrons. The van der Waals surface area contributed by atoms with Crippen molar-refractivity contribution in [1.82, 2.24) is 19.6 Å². The van der Waals surface area contributed by atoms with Crippen LogP contribution in [0, 0.1) is 17.0 Å². The molecule has 4 rings (SSSR count). The zero-order chi connectivity index (χ0) is 20.5. The van der Waals surface area contributed by atoms with E-state index in [2.05, 4.69) is 20.4 Å². The van der Waals surface area contributed by atoms with Gasteiger partial charge in [-0.25, -0.2) is 0 Å². The van der Waals surface area contributed by atoms with E-state index in [9.17, 15) is 19.7 Å². The van der Waals surface area contributed by atoms with Gasteiger partial charge in [0.1, 0.15) is 5.82 Å². The molecule has 10 nitrogen and oxygen atoms in total. The number of nitrogens with one attached hydrogen (secondary N) is 2. The van der Waals surface area contributed by atoms with Crippen LogP contribution in [-0.2, 0) is 0 Å². The first kappa shape index (κ1) is 18.0. The highest BCUT2D eigenvalue weighted by Gasteiger charge is 2.15. The van der Waals surface area contributed by atoms with Crippen LogP contribution in [0.4, 0.5) is 11.5 Å². The average molecular weight is 390 g/mol. The quantitative estimate of drug-likeness (QED) is 0.406. The molecule has 2 heterocycles. The first-order valence-corrected chi connectivity index (χ1v) is 8.54. The van der Waals surface area contributed by atoms with Gasteiger partial charge in [0.25, 0.3) is 17.2 Å². The molecule has 2 N–H and O–H groups in total. The molecule has 0 bridgehead atoms. The van der Waals surface area contributed by atoms with Crippen LogP contribution >= 0.6 is 0 Å². The Labute approximate surface area is 163 Å². The highest BCUT2D eigenvalue weighted by Crippen LogP contribution is 2.18. The van der Waals surface area contributed by atoms with Gasteiger partial charge in [-0.1, -0.05) is 29.8 Å². The van der Waals surface area contributed by atoms with Gasteiger partial charge in [-0.15, -0.1) is 5.10 Å². The molecule has 0 saturated carbocycles. The Morgan fingerprint density at radius 3 is 2.48 bits per heavy atom. The molecule has 0 aliphatic heterocycles. The van der Waals surface area contributed by atoms with Crippen LogP contribution in [0.5, 0.6) is 0 Å². The van der Waals surface area contributed by atoms with E-state index in [4.69, 9.17) is 0 Å². The lowest BCUT2D eigenvalue weighted by Crippen LogP contribution is -2.18. The van der Waals surface area contributed by atoms with E-state index in [0.717, 1.165) is 11.1 Å². The van der Waals surface area contributed by atoms with Crippen molar-refractivity contribution in [3.8, 4) is 11.4 Å². The third kappa shape index (κ3) is 3.58. The molecule has 2 aromatic heterocycles. The Morgan fingerprint density at radius 1 is 1.14 bits per heavy atom. The first-order chi connectivity index (χ1) is 13.9. The number of non-ortho nitro benzene ring substituents is 1. The number of nitrogens with zero attached hydrogens (tertiary/aromatic N) is 4. The minimum absolute atomic E-state index is 0.123. The van der Waals surface area contributed by atoms with Crippen LogP contribution in [0.2, 0.25) is 0 Å². The second-order valence-electron chi connectivity index (χ2n) is 6.31. The smallest absolute Gasteiger partial charge is 0.269 e. The van der Waals surface area contributed by atoms with E-state index in [0.29, 0.717) is 5.82 Å². The second kappa shape index (κ2) is 7.00. The second-order valence-corrected chi connectivity index (χ2v) is 6.31. The van der Waals surface area contributed by atoms with Crippen molar-refractivity contribution in [2.75, 3.05) is 5.32 Å². The van der Waals surface area contributed by atoms with E-state index >= 15 is 0 Å². The molecule has 29 heavy (non-hydrogen) atoms. The molecule has 4 aromatic rings. The van der Waals surface area contributed by atoms with Gasteiger partial charge in [0.15, 0.2) is 5.82 Å². The predicted molar refractivity (Wildman–Crippen MR) is 105 cm³/mol. The summed E-state index contributed by atoms with van der Waals surface area (Å²) in [5.41, 5.74) is 1.45. The summed E-state index contributed by atoms with van der Waals surface area (Å²) in [6.07, 6.45) is 0. The van der Waals surface area contributed by atoms with E-state index in [1.165, 1.54) is 34.8 Å². The van der Waals surface area contributed by atoms with Crippen molar-refractivity contribution >= 4 is 23.2 Å². The number of benzene rings is 2. The molecule has 0 spiro atoms. The molecule has 1 amide bonds. The highest BCUT2D eigenvalue weighted by atomic mass is 16.6. The number of nitro benzene ring substituents is 1. The fourth-order valence-corrected chi connectivity index (χ4v) is 2.73. The molecular formula is C19H14N6O4. The van der Waals surface area contributed by atoms with Crippen molar-refractivity contribution in [2.24, 2.45) is 0 Å². The molecule has 10 heteroatoms. The van der Waals surface area contributed by atoms with Crippen LogP contribution < -0.4 is 10.9 Å². The average Bonchev–Trinajstić information content (AvgIpc) is 3.12. The summed E-state index contributed by atoms with van der Waals surface area (Å²) >= 11 is 0. The summed E-state index contributed by atoms with van der Waals surface area (Å²) in [7, 11) is 0. The van der Waals surface area contributed by atoms with Crippen molar-refractivity contribution in [3.63, 3.8) is 0 Å². The Hall–Kier alpha value is -4.34. The van der Waals surface area contributed by atoms with Crippen LogP contribution in [0.3, 0.4) is 0 Å². The van der Waals surface area contributed by atoms with Gasteiger partial charge in [-0.3, -0.25) is 24.7 Å². The lowest BCUT2D eigenvalue weighted by Gasteiger charge is -2.06. The van der Waals surface area contributed by atoms with E-state index in [1.54, 1.807) is 0 Å². The Bertz CT molecular complexity index is 1290. The number of H-pyrrole nitrogens is 1. The van der Waals surface area contributed by atoms with Crippen molar-refractivity contribution in [1.29, 1.82) is 0 Å². The highest BCUT2D eigenvalue weighted by molar-refractivity contribution is 6.04. The lowest BCUT2D eigenvalue weighted by atomic mass is 10.1. The Kier molecular flexibility index (Phi) is 4.36. The number of aromatic nitrogens is 4. The maximum Gasteiger partial charge on any atom is 0.269 e. The van der Waals surface area contributed by atoms with Crippen LogP contribution in [-0.4, -0.2) is 30.4 Å². The van der Waals surface area contributed by atoms with E-state index in [1.807, 2.05) is 31.2 Å². The van der Waals surface area contributed by atoms with Gasteiger partial charge >= 0.3 is 0 Å². The maximum absolute atomic E-state index is 12.5. The SMILES string of the molecule is Cc1ccc(-c2nc3[nH]c(=O)cc(NC(=O)c4ccc([N+](=O)[O-])cc4)n3n2)cc1. The normalized spacial score (nSPS) is 10.8. The molecular weight excluding hydrogens is 376 g/mol. The Morgan fingerprint density at radius 2 is 1.83 bits per heavy atom. The molecule has 144 valence electrons. The monoisotopic (exact) mass is 390 g/mol. The first-order valence-electron chi connectivity index (χ1n) is 8.54. The molecule has 0 atom stereocenters. The van der Waals surface area contributed by atoms with Gasteiger partial charge in [-0.05, 0) is 19.1 Å². The molecule has 0 unspecified atom stereocenters. The molecule has 0 fully saturated rings. The Balaban J connectivity index is 1.69. The summed E-state index contributed by atoms with van der Waals surface area (Å²) in [6.45, 7) is 1.96. The summed E-state index contributed by atoms with van der Waals surface area (Å²) in [6, 6.07) is 13.9. The zero-order valence-electron chi connectivity index (χ0n) is 15.1. The number of hydrogen-bond acceptors (Lipinski definition) is 6. The number of carbonyl (C=O) groups is 1. The van der Waals surface area contributed by atoms with Crippen LogP contribution in [0.1, 0.15) is 15.9 Å². The minimum atomic E-state index is -0.552. The number of nitro groups is 1. The van der Waals surface area contributed by atoms with Gasteiger partial charge < -0.3 is 5.32 Å². The zero-order valence-corrected chi connectivity index (χ0v) is 15.1. The van der Waals surface area contributed by atoms with Gasteiger partial charge in [-0.2, -0.15) is 9.50 Å². The molecule has 2 aromatic carbocycles. The van der Waals surface area contributed by atoms with Crippen LogP contribution in [0.25, 0.3) is 17.2 Å². The molecule has 0 aliphatic carbocycles. The van der Waals surface area contributed by atoms with Gasteiger partial charge in [0.2, 0.25) is 5.78 Å². The number of carbonyl (C=O) groups excluding carboxylic acids is 1. The number of aromatic amines is 1. The third-order valence-corrected chi connectivity index (χ3v) is 4.23. The number of amides is 1. The topological polar surface area (TPSA) is 135 Å². The minimum Gasteiger partial charge on any atom is -0.306 e. The van der Waals surface area contributed by atoms with Crippen molar-refractivity contribution in [2.45, 2.75) is 6.92 Å². The van der Waals surface area contributed by atoms with E-state index < -0.39 is 16.4 Å². The third-order valence-electron chi connectivity index (χ3n) is 4.23. The summed E-state index contributed by atoms with van der Waals surface area (Å²) < 4.78 is 1.32. The lowest BCUT2D eigenvalue weighted by molar-refractivity contribution is -0.384. The standard InChI is InChI=1S/C19H14N6O4/c1-11-2-4-12(5-3-11)17-22-19-21-16(26)10-15(24(19)23-17)20-18(27)13-6-8-14(9-7-13)25(28)29/h2-10H,1H3,(H,20,27)(H,21,22,23,26). The number of anilines is 1. The summed E-state index contributed by atoms with van der Waals surface area (Å²) in [4.78, 5) is 41.6. The fourth-order valence-electron chi connectivity index (χ4n) is 2.73. The maximum atomic E-state index is 12.5. The number of rotatable bonds is 4. The van der Waals surface area contributed by atoms with Gasteiger partial charge in [0.05, 0.1) is 4.92 Å². The van der Waals surface area contributed by atoms with Gasteiger partial charge in [0, 0.05) is 29.3 Å². The molecule has 0 saturated heterocycles. The number of aryl methyl sites for hydroxylation is 1. The predicted octanol–water partition coefficient (Wildman–Crippen LogP) is 2.55. The fraction of sp³-hybridized carbons (Fsp3) is 0.0526.